The molecule has 0 aliphatic carbocycles. The predicted octanol–water partition coefficient (Wildman–Crippen LogP) is 3.63. The Morgan fingerprint density at radius 2 is 1.39 bits per heavy atom. The molecular weight excluding hydrogens is 220 g/mol. The molecule has 0 aliphatic heterocycles. The molecule has 0 aliphatic rings. The van der Waals surface area contributed by atoms with Crippen LogP contribution in [0.4, 0.5) is 0 Å². The lowest BCUT2D eigenvalue weighted by atomic mass is 9.92. The highest BCUT2D eigenvalue weighted by atomic mass is 15.1. The van der Waals surface area contributed by atoms with Crippen molar-refractivity contribution in [3.8, 4) is 0 Å². The van der Waals surface area contributed by atoms with Gasteiger partial charge in [-0.05, 0) is 50.2 Å². The molecule has 0 bridgehead atoms. The van der Waals surface area contributed by atoms with Gasteiger partial charge < -0.3 is 10.2 Å². The Morgan fingerprint density at radius 3 is 1.72 bits per heavy atom. The van der Waals surface area contributed by atoms with Crippen LogP contribution in [0.5, 0.6) is 0 Å². The molecule has 0 radical (unpaired) electrons. The van der Waals surface area contributed by atoms with E-state index >= 15 is 0 Å². The zero-order chi connectivity index (χ0) is 14.2. The molecule has 0 rings (SSSR count). The Morgan fingerprint density at radius 1 is 0.944 bits per heavy atom. The molecule has 0 heterocycles. The summed E-state index contributed by atoms with van der Waals surface area (Å²) in [7, 11) is 2.05. The second-order valence-corrected chi connectivity index (χ2v) is 7.34. The van der Waals surface area contributed by atoms with Gasteiger partial charge in [0, 0.05) is 13.1 Å². The maximum absolute atomic E-state index is 3.32. The maximum atomic E-state index is 3.32. The minimum absolute atomic E-state index is 0.364. The monoisotopic (exact) mass is 256 g/mol. The summed E-state index contributed by atoms with van der Waals surface area (Å²) in [5.74, 6) is 1.61. The van der Waals surface area contributed by atoms with E-state index in [1.54, 1.807) is 0 Å². The normalized spacial score (nSPS) is 13.0. The number of hydrogen-bond donors (Lipinski definition) is 1. The molecule has 0 aromatic carbocycles. The molecule has 0 spiro atoms. The van der Waals surface area contributed by atoms with Crippen molar-refractivity contribution in [2.45, 2.75) is 54.4 Å². The van der Waals surface area contributed by atoms with Crippen molar-refractivity contribution in [1.29, 1.82) is 0 Å². The Balaban J connectivity index is 4.26. The van der Waals surface area contributed by atoms with Gasteiger partial charge in [0.1, 0.15) is 0 Å². The third-order valence-corrected chi connectivity index (χ3v) is 3.35. The maximum Gasteiger partial charge on any atom is 0.00448 e. The lowest BCUT2D eigenvalue weighted by Crippen LogP contribution is -2.41. The van der Waals surface area contributed by atoms with E-state index in [-0.39, 0.29) is 0 Å². The summed E-state index contributed by atoms with van der Waals surface area (Å²) in [4.78, 5) is 2.66. The molecule has 0 atom stereocenters. The van der Waals surface area contributed by atoms with E-state index in [1.807, 2.05) is 7.05 Å². The van der Waals surface area contributed by atoms with Crippen LogP contribution in [0.2, 0.25) is 0 Å². The first-order valence-electron chi connectivity index (χ1n) is 7.64. The molecule has 0 aromatic heterocycles. The molecule has 0 amide bonds. The first-order valence-corrected chi connectivity index (χ1v) is 7.64. The Hall–Kier alpha value is -0.0800. The van der Waals surface area contributed by atoms with Crippen LogP contribution >= 0.6 is 0 Å². The van der Waals surface area contributed by atoms with Gasteiger partial charge in [0.05, 0.1) is 0 Å². The largest absolute Gasteiger partial charge is 0.319 e. The molecule has 0 aromatic rings. The van der Waals surface area contributed by atoms with Gasteiger partial charge in [-0.2, -0.15) is 0 Å². The highest BCUT2D eigenvalue weighted by molar-refractivity contribution is 4.76. The van der Waals surface area contributed by atoms with Gasteiger partial charge in [-0.25, -0.2) is 0 Å². The fourth-order valence-electron chi connectivity index (χ4n) is 2.29. The van der Waals surface area contributed by atoms with Crippen LogP contribution in [0.1, 0.15) is 54.4 Å². The Labute approximate surface area is 116 Å². The summed E-state index contributed by atoms with van der Waals surface area (Å²) in [6, 6.07) is 0. The summed E-state index contributed by atoms with van der Waals surface area (Å²) in [5.41, 5.74) is 0.364. The van der Waals surface area contributed by atoms with Crippen molar-refractivity contribution >= 4 is 0 Å². The molecule has 0 saturated carbocycles. The number of nitrogens with zero attached hydrogens (tertiary/aromatic N) is 1. The molecular formula is C16H36N2. The number of hydrogen-bond acceptors (Lipinski definition) is 2. The van der Waals surface area contributed by atoms with Crippen molar-refractivity contribution in [3.05, 3.63) is 0 Å². The molecule has 2 heteroatoms. The van der Waals surface area contributed by atoms with E-state index in [0.29, 0.717) is 5.41 Å². The van der Waals surface area contributed by atoms with Crippen LogP contribution in [0.25, 0.3) is 0 Å². The fraction of sp³-hybridized carbons (Fsp3) is 1.00. The average Bonchev–Trinajstić information content (AvgIpc) is 2.21. The van der Waals surface area contributed by atoms with E-state index in [4.69, 9.17) is 0 Å². The standard InChI is InChI=1S/C16H36N2/c1-14(2)8-10-18(11-9-15(3)4)13-16(5,6)12-17-7/h14-15,17H,8-13H2,1-7H3. The third-order valence-electron chi connectivity index (χ3n) is 3.35. The van der Waals surface area contributed by atoms with E-state index < -0.39 is 0 Å². The summed E-state index contributed by atoms with van der Waals surface area (Å²) in [6.45, 7) is 18.8. The lowest BCUT2D eigenvalue weighted by molar-refractivity contribution is 0.162. The number of rotatable bonds is 10. The van der Waals surface area contributed by atoms with E-state index in [9.17, 15) is 0 Å². The van der Waals surface area contributed by atoms with E-state index in [1.165, 1.54) is 32.5 Å². The molecule has 110 valence electrons. The average molecular weight is 256 g/mol. The van der Waals surface area contributed by atoms with Crippen LogP contribution in [0.3, 0.4) is 0 Å². The SMILES string of the molecule is CNCC(C)(C)CN(CCC(C)C)CCC(C)C. The Bertz CT molecular complexity index is 185. The van der Waals surface area contributed by atoms with Crippen molar-refractivity contribution in [2.24, 2.45) is 17.3 Å². The van der Waals surface area contributed by atoms with Gasteiger partial charge in [-0.1, -0.05) is 41.5 Å². The van der Waals surface area contributed by atoms with E-state index in [2.05, 4.69) is 51.8 Å². The third kappa shape index (κ3) is 9.90. The zero-order valence-corrected chi connectivity index (χ0v) is 13.8. The minimum atomic E-state index is 0.364. The van der Waals surface area contributed by atoms with Crippen LogP contribution < -0.4 is 5.32 Å². The molecule has 0 unspecified atom stereocenters. The highest BCUT2D eigenvalue weighted by Crippen LogP contribution is 2.17. The van der Waals surface area contributed by atoms with Crippen molar-refractivity contribution < 1.29 is 0 Å². The summed E-state index contributed by atoms with van der Waals surface area (Å²) < 4.78 is 0. The topological polar surface area (TPSA) is 15.3 Å². The highest BCUT2D eigenvalue weighted by Gasteiger charge is 2.21. The molecule has 1 N–H and O–H groups in total. The van der Waals surface area contributed by atoms with Gasteiger partial charge >= 0.3 is 0 Å². The Kier molecular flexibility index (Phi) is 8.89. The minimum Gasteiger partial charge on any atom is -0.319 e. The van der Waals surface area contributed by atoms with Gasteiger partial charge in [-0.15, -0.1) is 0 Å². The van der Waals surface area contributed by atoms with Gasteiger partial charge in [-0.3, -0.25) is 0 Å². The summed E-state index contributed by atoms with van der Waals surface area (Å²) in [5, 5.41) is 3.32. The van der Waals surface area contributed by atoms with Crippen molar-refractivity contribution in [3.63, 3.8) is 0 Å². The molecule has 0 saturated heterocycles. The lowest BCUT2D eigenvalue weighted by Gasteiger charge is -2.33. The van der Waals surface area contributed by atoms with Gasteiger partial charge in [0.25, 0.3) is 0 Å². The predicted molar refractivity (Wildman–Crippen MR) is 83.1 cm³/mol. The quantitative estimate of drug-likeness (QED) is 0.642. The smallest absolute Gasteiger partial charge is 0.00448 e. The molecule has 0 fully saturated rings. The van der Waals surface area contributed by atoms with Crippen LogP contribution in [0, 0.1) is 17.3 Å². The van der Waals surface area contributed by atoms with Crippen molar-refractivity contribution in [1.82, 2.24) is 10.2 Å². The van der Waals surface area contributed by atoms with Crippen molar-refractivity contribution in [2.75, 3.05) is 33.2 Å². The number of nitrogens with one attached hydrogen (secondary N) is 1. The van der Waals surface area contributed by atoms with Crippen LogP contribution in [-0.2, 0) is 0 Å². The van der Waals surface area contributed by atoms with Gasteiger partial charge in [0.2, 0.25) is 0 Å². The first-order chi connectivity index (χ1) is 8.26. The van der Waals surface area contributed by atoms with Gasteiger partial charge in [0.15, 0.2) is 0 Å². The van der Waals surface area contributed by atoms with E-state index in [0.717, 1.165) is 18.4 Å². The first kappa shape index (κ1) is 17.9. The zero-order valence-electron chi connectivity index (χ0n) is 13.8. The summed E-state index contributed by atoms with van der Waals surface area (Å²) in [6.07, 6.45) is 2.63. The van der Waals surface area contributed by atoms with Crippen LogP contribution in [0.15, 0.2) is 0 Å². The van der Waals surface area contributed by atoms with Crippen LogP contribution in [-0.4, -0.2) is 38.1 Å². The fourth-order valence-corrected chi connectivity index (χ4v) is 2.29. The molecule has 2 nitrogen and oxygen atoms in total. The second kappa shape index (κ2) is 8.92. The molecule has 18 heavy (non-hydrogen) atoms. The summed E-state index contributed by atoms with van der Waals surface area (Å²) >= 11 is 0. The second-order valence-electron chi connectivity index (χ2n) is 7.34.